The van der Waals surface area contributed by atoms with Gasteiger partial charge in [0, 0.05) is 49.8 Å². The van der Waals surface area contributed by atoms with Gasteiger partial charge in [-0.15, -0.1) is 0 Å². The number of halogens is 1. The van der Waals surface area contributed by atoms with E-state index in [9.17, 15) is 4.79 Å². The Morgan fingerprint density at radius 3 is 2.31 bits per heavy atom. The predicted molar refractivity (Wildman–Crippen MR) is 105 cm³/mol. The summed E-state index contributed by atoms with van der Waals surface area (Å²) in [6.45, 7) is 0. The standard InChI is InChI=1S/C20H21ClN4O/c1-24(2)17-10-6-15(7-11-17)20(26)23-18(19-22-12-13-25(19)3)14-4-8-16(21)9-5-14/h4-13,18H,1-3H3,(H,23,26). The molecule has 134 valence electrons. The van der Waals surface area contributed by atoms with Gasteiger partial charge in [-0.2, -0.15) is 0 Å². The molecule has 1 unspecified atom stereocenters. The molecule has 26 heavy (non-hydrogen) atoms. The van der Waals surface area contributed by atoms with E-state index in [0.717, 1.165) is 17.1 Å². The normalized spacial score (nSPS) is 11.8. The predicted octanol–water partition coefficient (Wildman–Crippen LogP) is 3.66. The number of nitrogens with zero attached hydrogens (tertiary/aromatic N) is 3. The first-order valence-electron chi connectivity index (χ1n) is 8.26. The van der Waals surface area contributed by atoms with E-state index in [1.165, 1.54) is 0 Å². The molecule has 6 heteroatoms. The highest BCUT2D eigenvalue weighted by Crippen LogP contribution is 2.23. The van der Waals surface area contributed by atoms with Gasteiger partial charge in [-0.3, -0.25) is 4.79 Å². The van der Waals surface area contributed by atoms with Crippen molar-refractivity contribution in [1.29, 1.82) is 0 Å². The third-order valence-corrected chi connectivity index (χ3v) is 4.49. The molecule has 5 nitrogen and oxygen atoms in total. The van der Waals surface area contributed by atoms with Crippen molar-refractivity contribution in [3.8, 4) is 0 Å². The van der Waals surface area contributed by atoms with Crippen molar-refractivity contribution in [2.24, 2.45) is 7.05 Å². The molecule has 0 aliphatic rings. The summed E-state index contributed by atoms with van der Waals surface area (Å²) in [5, 5.41) is 3.73. The highest BCUT2D eigenvalue weighted by Gasteiger charge is 2.21. The van der Waals surface area contributed by atoms with E-state index in [0.29, 0.717) is 10.6 Å². The summed E-state index contributed by atoms with van der Waals surface area (Å²) < 4.78 is 1.90. The Balaban J connectivity index is 1.89. The zero-order valence-corrected chi connectivity index (χ0v) is 15.7. The minimum Gasteiger partial charge on any atom is -0.378 e. The third kappa shape index (κ3) is 3.89. The fourth-order valence-corrected chi connectivity index (χ4v) is 2.86. The average molecular weight is 369 g/mol. The van der Waals surface area contributed by atoms with E-state index in [1.807, 2.05) is 85.3 Å². The number of hydrogen-bond donors (Lipinski definition) is 1. The second-order valence-corrected chi connectivity index (χ2v) is 6.73. The summed E-state index contributed by atoms with van der Waals surface area (Å²) in [4.78, 5) is 19.2. The molecule has 3 aromatic rings. The fourth-order valence-electron chi connectivity index (χ4n) is 2.73. The van der Waals surface area contributed by atoms with E-state index in [1.54, 1.807) is 6.20 Å². The van der Waals surface area contributed by atoms with Gasteiger partial charge < -0.3 is 14.8 Å². The molecule has 2 aromatic carbocycles. The van der Waals surface area contributed by atoms with Crippen molar-refractivity contribution < 1.29 is 4.79 Å². The van der Waals surface area contributed by atoms with Crippen LogP contribution < -0.4 is 10.2 Å². The molecule has 0 fully saturated rings. The Kier molecular flexibility index (Phi) is 5.28. The lowest BCUT2D eigenvalue weighted by molar-refractivity contribution is 0.0941. The molecule has 0 aliphatic heterocycles. The van der Waals surface area contributed by atoms with Gasteiger partial charge in [0.15, 0.2) is 0 Å². The zero-order valence-electron chi connectivity index (χ0n) is 15.0. The van der Waals surface area contributed by atoms with Crippen LogP contribution in [0.2, 0.25) is 5.02 Å². The number of benzene rings is 2. The first kappa shape index (κ1) is 18.0. The molecule has 1 aromatic heterocycles. The zero-order chi connectivity index (χ0) is 18.7. The quantitative estimate of drug-likeness (QED) is 0.747. The maximum Gasteiger partial charge on any atom is 0.252 e. The van der Waals surface area contributed by atoms with E-state index in [2.05, 4.69) is 10.3 Å². The molecular weight excluding hydrogens is 348 g/mol. The van der Waals surface area contributed by atoms with Gasteiger partial charge >= 0.3 is 0 Å². The van der Waals surface area contributed by atoms with Crippen LogP contribution in [0.4, 0.5) is 5.69 Å². The van der Waals surface area contributed by atoms with Crippen molar-refractivity contribution in [1.82, 2.24) is 14.9 Å². The summed E-state index contributed by atoms with van der Waals surface area (Å²) in [7, 11) is 5.84. The van der Waals surface area contributed by atoms with Crippen molar-refractivity contribution in [3.05, 3.63) is 82.9 Å². The summed E-state index contributed by atoms with van der Waals surface area (Å²) in [6.07, 6.45) is 3.58. The van der Waals surface area contributed by atoms with Gasteiger partial charge in [-0.25, -0.2) is 4.98 Å². The molecule has 1 N–H and O–H groups in total. The largest absolute Gasteiger partial charge is 0.378 e. The minimum absolute atomic E-state index is 0.154. The van der Waals surface area contributed by atoms with Crippen LogP contribution in [0.3, 0.4) is 0 Å². The van der Waals surface area contributed by atoms with Gasteiger partial charge in [-0.05, 0) is 42.0 Å². The van der Waals surface area contributed by atoms with Crippen molar-refractivity contribution in [3.63, 3.8) is 0 Å². The molecular formula is C20H21ClN4O. The van der Waals surface area contributed by atoms with Crippen molar-refractivity contribution >= 4 is 23.2 Å². The molecule has 3 rings (SSSR count). The maximum atomic E-state index is 12.8. The second kappa shape index (κ2) is 7.62. The van der Waals surface area contributed by atoms with Crippen LogP contribution in [0, 0.1) is 0 Å². The first-order valence-corrected chi connectivity index (χ1v) is 8.64. The molecule has 0 saturated heterocycles. The Morgan fingerprint density at radius 1 is 1.12 bits per heavy atom. The van der Waals surface area contributed by atoms with Crippen LogP contribution in [-0.2, 0) is 7.05 Å². The first-order chi connectivity index (χ1) is 12.5. The molecule has 0 bridgehead atoms. The number of anilines is 1. The summed E-state index contributed by atoms with van der Waals surface area (Å²) in [6, 6.07) is 14.5. The lowest BCUT2D eigenvalue weighted by atomic mass is 10.1. The lowest BCUT2D eigenvalue weighted by Gasteiger charge is -2.20. The Morgan fingerprint density at radius 2 is 1.77 bits per heavy atom. The van der Waals surface area contributed by atoms with E-state index in [4.69, 9.17) is 11.6 Å². The number of amides is 1. The number of aryl methyl sites for hydroxylation is 1. The maximum absolute atomic E-state index is 12.8. The van der Waals surface area contributed by atoms with Gasteiger partial charge in [-0.1, -0.05) is 23.7 Å². The molecule has 0 aliphatic carbocycles. The Hall–Kier alpha value is -2.79. The Bertz CT molecular complexity index is 885. The number of hydrogen-bond acceptors (Lipinski definition) is 3. The molecule has 1 heterocycles. The lowest BCUT2D eigenvalue weighted by Crippen LogP contribution is -2.31. The minimum atomic E-state index is -0.367. The second-order valence-electron chi connectivity index (χ2n) is 6.30. The monoisotopic (exact) mass is 368 g/mol. The number of imidazole rings is 1. The number of carbonyl (C=O) groups excluding carboxylic acids is 1. The van der Waals surface area contributed by atoms with Gasteiger partial charge in [0.25, 0.3) is 5.91 Å². The number of aromatic nitrogens is 2. The SMILES string of the molecule is CN(C)c1ccc(C(=O)NC(c2ccc(Cl)cc2)c2nccn2C)cc1. The topological polar surface area (TPSA) is 50.2 Å². The van der Waals surface area contributed by atoms with Crippen LogP contribution in [0.25, 0.3) is 0 Å². The summed E-state index contributed by atoms with van der Waals surface area (Å²) in [5.74, 6) is 0.601. The molecule has 0 radical (unpaired) electrons. The summed E-state index contributed by atoms with van der Waals surface area (Å²) in [5.41, 5.74) is 2.56. The van der Waals surface area contributed by atoms with Crippen LogP contribution in [0.1, 0.15) is 27.8 Å². The smallest absolute Gasteiger partial charge is 0.252 e. The third-order valence-electron chi connectivity index (χ3n) is 4.24. The Labute approximate surface area is 158 Å². The van der Waals surface area contributed by atoms with Gasteiger partial charge in [0.2, 0.25) is 0 Å². The fraction of sp³-hybridized carbons (Fsp3) is 0.200. The molecule has 1 atom stereocenters. The van der Waals surface area contributed by atoms with Crippen molar-refractivity contribution in [2.75, 3.05) is 19.0 Å². The van der Waals surface area contributed by atoms with E-state index < -0.39 is 0 Å². The molecule has 0 saturated carbocycles. The summed E-state index contributed by atoms with van der Waals surface area (Å²) >= 11 is 6.00. The van der Waals surface area contributed by atoms with Crippen LogP contribution in [0.5, 0.6) is 0 Å². The van der Waals surface area contributed by atoms with Crippen LogP contribution >= 0.6 is 11.6 Å². The number of carbonyl (C=O) groups is 1. The number of rotatable bonds is 5. The van der Waals surface area contributed by atoms with Gasteiger partial charge in [0.05, 0.1) is 0 Å². The molecule has 1 amide bonds. The highest BCUT2D eigenvalue weighted by atomic mass is 35.5. The average Bonchev–Trinajstić information content (AvgIpc) is 3.06. The van der Waals surface area contributed by atoms with Crippen LogP contribution in [-0.4, -0.2) is 29.6 Å². The van der Waals surface area contributed by atoms with Gasteiger partial charge in [0.1, 0.15) is 11.9 Å². The van der Waals surface area contributed by atoms with Crippen LogP contribution in [0.15, 0.2) is 60.9 Å². The van der Waals surface area contributed by atoms with Crippen molar-refractivity contribution in [2.45, 2.75) is 6.04 Å². The van der Waals surface area contributed by atoms with E-state index >= 15 is 0 Å². The highest BCUT2D eigenvalue weighted by molar-refractivity contribution is 6.30. The molecule has 0 spiro atoms. The van der Waals surface area contributed by atoms with E-state index in [-0.39, 0.29) is 11.9 Å². The number of nitrogens with one attached hydrogen (secondary N) is 1.